The van der Waals surface area contributed by atoms with Gasteiger partial charge in [0.15, 0.2) is 0 Å². The van der Waals surface area contributed by atoms with Gasteiger partial charge in [0.2, 0.25) is 15.9 Å². The van der Waals surface area contributed by atoms with E-state index in [1.54, 1.807) is 12.1 Å². The highest BCUT2D eigenvalue weighted by molar-refractivity contribution is 7.92. The van der Waals surface area contributed by atoms with Crippen LogP contribution in [0, 0.1) is 5.92 Å². The number of carbonyl (C=O) groups excluding carboxylic acids is 1. The quantitative estimate of drug-likeness (QED) is 0.858. The zero-order valence-corrected chi connectivity index (χ0v) is 16.2. The molecule has 1 unspecified atom stereocenters. The molecule has 1 amide bonds. The SMILES string of the molecule is CS(=O)(=O)N1CCCc2cc(NC(=O)C(c3ccccc3)C3CC3)ccc21. The Labute approximate surface area is 160 Å². The van der Waals surface area contributed by atoms with Crippen molar-refractivity contribution in [3.8, 4) is 0 Å². The highest BCUT2D eigenvalue weighted by Gasteiger charge is 2.37. The van der Waals surface area contributed by atoms with Gasteiger partial charge in [-0.05, 0) is 60.9 Å². The van der Waals surface area contributed by atoms with E-state index in [9.17, 15) is 13.2 Å². The monoisotopic (exact) mass is 384 g/mol. The van der Waals surface area contributed by atoms with Gasteiger partial charge in [-0.15, -0.1) is 0 Å². The van der Waals surface area contributed by atoms with Gasteiger partial charge in [-0.1, -0.05) is 30.3 Å². The maximum atomic E-state index is 13.0. The van der Waals surface area contributed by atoms with Crippen LogP contribution in [0.1, 0.15) is 36.3 Å². The summed E-state index contributed by atoms with van der Waals surface area (Å²) in [5, 5.41) is 3.06. The molecule has 2 aromatic carbocycles. The predicted molar refractivity (Wildman–Crippen MR) is 107 cm³/mol. The predicted octanol–water partition coefficient (Wildman–Crippen LogP) is 3.53. The van der Waals surface area contributed by atoms with Crippen LogP contribution in [0.3, 0.4) is 0 Å². The Morgan fingerprint density at radius 2 is 1.89 bits per heavy atom. The summed E-state index contributed by atoms with van der Waals surface area (Å²) >= 11 is 0. The number of hydrogen-bond donors (Lipinski definition) is 1. The lowest BCUT2D eigenvalue weighted by Gasteiger charge is -2.29. The van der Waals surface area contributed by atoms with Gasteiger partial charge in [0, 0.05) is 12.2 Å². The van der Waals surface area contributed by atoms with Crippen molar-refractivity contribution < 1.29 is 13.2 Å². The number of amides is 1. The summed E-state index contributed by atoms with van der Waals surface area (Å²) in [6.07, 6.45) is 5.00. The molecule has 4 rings (SSSR count). The Kier molecular flexibility index (Phi) is 4.68. The van der Waals surface area contributed by atoms with Crippen LogP contribution in [0.25, 0.3) is 0 Å². The maximum absolute atomic E-state index is 13.0. The van der Waals surface area contributed by atoms with Crippen LogP contribution in [-0.4, -0.2) is 27.1 Å². The van der Waals surface area contributed by atoms with Gasteiger partial charge in [-0.3, -0.25) is 9.10 Å². The second-order valence-corrected chi connectivity index (χ2v) is 9.40. The lowest BCUT2D eigenvalue weighted by molar-refractivity contribution is -0.118. The third kappa shape index (κ3) is 3.86. The summed E-state index contributed by atoms with van der Waals surface area (Å²) in [5.41, 5.74) is 3.48. The number of rotatable bonds is 5. The summed E-state index contributed by atoms with van der Waals surface area (Å²) in [5.74, 6) is 0.292. The van der Waals surface area contributed by atoms with Crippen LogP contribution >= 0.6 is 0 Å². The molecule has 1 N–H and O–H groups in total. The molecule has 1 atom stereocenters. The third-order valence-corrected chi connectivity index (χ3v) is 6.54. The van der Waals surface area contributed by atoms with Crippen molar-refractivity contribution in [1.29, 1.82) is 0 Å². The van der Waals surface area contributed by atoms with Gasteiger partial charge in [0.25, 0.3) is 0 Å². The molecule has 2 aliphatic rings. The molecule has 0 bridgehead atoms. The number of sulfonamides is 1. The fraction of sp³-hybridized carbons (Fsp3) is 0.381. The smallest absolute Gasteiger partial charge is 0.232 e. The van der Waals surface area contributed by atoms with Crippen LogP contribution < -0.4 is 9.62 Å². The number of hydrogen-bond acceptors (Lipinski definition) is 3. The maximum Gasteiger partial charge on any atom is 0.232 e. The molecule has 0 radical (unpaired) electrons. The van der Waals surface area contributed by atoms with E-state index in [1.807, 2.05) is 36.4 Å². The van der Waals surface area contributed by atoms with E-state index in [-0.39, 0.29) is 11.8 Å². The lowest BCUT2D eigenvalue weighted by atomic mass is 9.93. The Morgan fingerprint density at radius 1 is 1.15 bits per heavy atom. The molecular weight excluding hydrogens is 360 g/mol. The average Bonchev–Trinajstić information content (AvgIpc) is 3.46. The second-order valence-electron chi connectivity index (χ2n) is 7.50. The number of anilines is 2. The van der Waals surface area contributed by atoms with E-state index in [4.69, 9.17) is 0 Å². The molecule has 27 heavy (non-hydrogen) atoms. The van der Waals surface area contributed by atoms with E-state index in [2.05, 4.69) is 5.32 Å². The Morgan fingerprint density at radius 3 is 2.56 bits per heavy atom. The summed E-state index contributed by atoms with van der Waals surface area (Å²) in [6, 6.07) is 15.4. The minimum Gasteiger partial charge on any atom is -0.326 e. The lowest BCUT2D eigenvalue weighted by Crippen LogP contribution is -2.34. The first-order chi connectivity index (χ1) is 12.9. The molecule has 1 heterocycles. The second kappa shape index (κ2) is 7.00. The number of nitrogens with zero attached hydrogens (tertiary/aromatic N) is 1. The summed E-state index contributed by atoms with van der Waals surface area (Å²) in [6.45, 7) is 0.509. The first-order valence-corrected chi connectivity index (χ1v) is 11.2. The van der Waals surface area contributed by atoms with Crippen LogP contribution in [-0.2, 0) is 21.2 Å². The van der Waals surface area contributed by atoms with Gasteiger partial charge in [0.1, 0.15) is 0 Å². The molecule has 6 heteroatoms. The zero-order valence-electron chi connectivity index (χ0n) is 15.4. The van der Waals surface area contributed by atoms with E-state index < -0.39 is 10.0 Å². The summed E-state index contributed by atoms with van der Waals surface area (Å²) < 4.78 is 25.4. The molecular formula is C21H24N2O3S. The van der Waals surface area contributed by atoms with Crippen molar-refractivity contribution in [2.24, 2.45) is 5.92 Å². The van der Waals surface area contributed by atoms with Gasteiger partial charge in [-0.25, -0.2) is 8.42 Å². The summed E-state index contributed by atoms with van der Waals surface area (Å²) in [7, 11) is -3.28. The van der Waals surface area contributed by atoms with E-state index in [1.165, 1.54) is 10.6 Å². The van der Waals surface area contributed by atoms with Crippen molar-refractivity contribution in [3.05, 3.63) is 59.7 Å². The molecule has 5 nitrogen and oxygen atoms in total. The molecule has 0 spiro atoms. The highest BCUT2D eigenvalue weighted by atomic mass is 32.2. The third-order valence-electron chi connectivity index (χ3n) is 5.36. The minimum absolute atomic E-state index is 0.0134. The summed E-state index contributed by atoms with van der Waals surface area (Å²) in [4.78, 5) is 13.0. The van der Waals surface area contributed by atoms with Crippen LogP contribution in [0.2, 0.25) is 0 Å². The largest absolute Gasteiger partial charge is 0.326 e. The molecule has 0 saturated heterocycles. The normalized spacial score (nSPS) is 17.9. The fourth-order valence-corrected chi connectivity index (χ4v) is 4.93. The van der Waals surface area contributed by atoms with Crippen molar-refractivity contribution in [2.45, 2.75) is 31.6 Å². The average molecular weight is 385 g/mol. The Hall–Kier alpha value is -2.34. The van der Waals surface area contributed by atoms with E-state index in [0.717, 1.165) is 48.2 Å². The molecule has 2 aromatic rings. The molecule has 0 aromatic heterocycles. The number of fused-ring (bicyclic) bond motifs is 1. The van der Waals surface area contributed by atoms with Gasteiger partial charge >= 0.3 is 0 Å². The molecule has 142 valence electrons. The van der Waals surface area contributed by atoms with Crippen LogP contribution in [0.4, 0.5) is 11.4 Å². The molecule has 1 aliphatic heterocycles. The van der Waals surface area contributed by atoms with Gasteiger partial charge < -0.3 is 5.32 Å². The molecule has 1 saturated carbocycles. The molecule has 1 aliphatic carbocycles. The Bertz CT molecular complexity index is 953. The first-order valence-electron chi connectivity index (χ1n) is 9.40. The number of aryl methyl sites for hydroxylation is 1. The van der Waals surface area contributed by atoms with Crippen LogP contribution in [0.15, 0.2) is 48.5 Å². The van der Waals surface area contributed by atoms with Crippen molar-refractivity contribution in [2.75, 3.05) is 22.4 Å². The number of carbonyl (C=O) groups is 1. The van der Waals surface area contributed by atoms with Crippen molar-refractivity contribution in [1.82, 2.24) is 0 Å². The number of benzene rings is 2. The topological polar surface area (TPSA) is 66.5 Å². The standard InChI is InChI=1S/C21H24N2O3S/c1-27(25,26)23-13-5-8-17-14-18(11-12-19(17)23)22-21(24)20(16-9-10-16)15-6-3-2-4-7-15/h2-4,6-7,11-12,14,16,20H,5,8-10,13H2,1H3,(H,22,24). The molecule has 1 fully saturated rings. The first kappa shape index (κ1) is 18.0. The van der Waals surface area contributed by atoms with Gasteiger partial charge in [-0.2, -0.15) is 0 Å². The number of nitrogens with one attached hydrogen (secondary N) is 1. The van der Waals surface area contributed by atoms with E-state index in [0.29, 0.717) is 12.5 Å². The highest BCUT2D eigenvalue weighted by Crippen LogP contribution is 2.43. The van der Waals surface area contributed by atoms with Crippen molar-refractivity contribution >= 4 is 27.3 Å². The van der Waals surface area contributed by atoms with Crippen LogP contribution in [0.5, 0.6) is 0 Å². The van der Waals surface area contributed by atoms with Gasteiger partial charge in [0.05, 0.1) is 17.9 Å². The zero-order chi connectivity index (χ0) is 19.0. The van der Waals surface area contributed by atoms with Crippen molar-refractivity contribution in [3.63, 3.8) is 0 Å². The van der Waals surface area contributed by atoms with E-state index >= 15 is 0 Å². The fourth-order valence-electron chi connectivity index (χ4n) is 3.93. The Balaban J connectivity index is 1.57. The minimum atomic E-state index is -3.28.